The van der Waals surface area contributed by atoms with Crippen LogP contribution in [0.2, 0.25) is 0 Å². The van der Waals surface area contributed by atoms with E-state index >= 15 is 0 Å². The van der Waals surface area contributed by atoms with Gasteiger partial charge in [0.15, 0.2) is 0 Å². The van der Waals surface area contributed by atoms with Crippen molar-refractivity contribution >= 4 is 33.4 Å². The number of carbonyl (C=O) groups is 2. The molecule has 1 aromatic carbocycles. The number of benzene rings is 1. The number of hydrogen-bond donors (Lipinski definition) is 1. The zero-order valence-electron chi connectivity index (χ0n) is 9.04. The van der Waals surface area contributed by atoms with Crippen molar-refractivity contribution in [3.8, 4) is 0 Å². The quantitative estimate of drug-likeness (QED) is 0.853. The molecular formula is C11H10BrFN2O2. The molecule has 0 aliphatic carbocycles. The Morgan fingerprint density at radius 3 is 2.88 bits per heavy atom. The molecule has 0 saturated carbocycles. The van der Waals surface area contributed by atoms with Gasteiger partial charge < -0.3 is 5.32 Å². The molecule has 2 rings (SSSR count). The van der Waals surface area contributed by atoms with Gasteiger partial charge in [0.2, 0.25) is 11.8 Å². The second kappa shape index (κ2) is 4.44. The Kier molecular flexibility index (Phi) is 3.15. The number of amides is 2. The molecule has 0 aromatic heterocycles. The maximum atomic E-state index is 13.2. The van der Waals surface area contributed by atoms with E-state index in [1.165, 1.54) is 23.1 Å². The highest BCUT2D eigenvalue weighted by atomic mass is 79.9. The fraction of sp³-hybridized carbons (Fsp3) is 0.273. The van der Waals surface area contributed by atoms with Crippen molar-refractivity contribution in [2.24, 2.45) is 0 Å². The fourth-order valence-corrected chi connectivity index (χ4v) is 2.18. The van der Waals surface area contributed by atoms with Crippen molar-refractivity contribution < 1.29 is 14.0 Å². The highest BCUT2D eigenvalue weighted by molar-refractivity contribution is 9.10. The van der Waals surface area contributed by atoms with Gasteiger partial charge in [-0.25, -0.2) is 4.39 Å². The van der Waals surface area contributed by atoms with E-state index < -0.39 is 11.9 Å². The standard InChI is InChI=1S/C11H10BrFN2O2/c1-6-11(17)14-5-10(16)15(6)9-4-7(13)2-3-8(9)12/h2-4,6H,5H2,1H3,(H,14,17). The summed E-state index contributed by atoms with van der Waals surface area (Å²) < 4.78 is 13.8. The van der Waals surface area contributed by atoms with Gasteiger partial charge in [-0.3, -0.25) is 14.5 Å². The number of halogens is 2. The predicted molar refractivity (Wildman–Crippen MR) is 64.1 cm³/mol. The third kappa shape index (κ3) is 2.17. The number of carbonyl (C=O) groups excluding carboxylic acids is 2. The summed E-state index contributed by atoms with van der Waals surface area (Å²) in [6, 6.07) is 3.38. The van der Waals surface area contributed by atoms with Crippen LogP contribution in [0.1, 0.15) is 6.92 Å². The molecule has 1 fully saturated rings. The van der Waals surface area contributed by atoms with Gasteiger partial charge in [-0.2, -0.15) is 0 Å². The molecule has 1 aliphatic heterocycles. The molecule has 0 radical (unpaired) electrons. The third-order valence-electron chi connectivity index (χ3n) is 2.62. The third-order valence-corrected chi connectivity index (χ3v) is 3.29. The molecule has 1 saturated heterocycles. The first-order valence-electron chi connectivity index (χ1n) is 5.05. The summed E-state index contributed by atoms with van der Waals surface area (Å²) in [4.78, 5) is 24.6. The summed E-state index contributed by atoms with van der Waals surface area (Å²) in [5.41, 5.74) is 0.373. The van der Waals surface area contributed by atoms with Crippen LogP contribution in [0.5, 0.6) is 0 Å². The predicted octanol–water partition coefficient (Wildman–Crippen LogP) is 1.44. The van der Waals surface area contributed by atoms with Crippen molar-refractivity contribution in [3.05, 3.63) is 28.5 Å². The Bertz CT molecular complexity index is 492. The van der Waals surface area contributed by atoms with Crippen LogP contribution in [0.4, 0.5) is 10.1 Å². The summed E-state index contributed by atoms with van der Waals surface area (Å²) >= 11 is 3.25. The van der Waals surface area contributed by atoms with Gasteiger partial charge in [-0.05, 0) is 41.1 Å². The smallest absolute Gasteiger partial charge is 0.247 e. The van der Waals surface area contributed by atoms with Gasteiger partial charge in [0.1, 0.15) is 11.9 Å². The Labute approximate surface area is 106 Å². The minimum Gasteiger partial charge on any atom is -0.345 e. The highest BCUT2D eigenvalue weighted by Gasteiger charge is 2.33. The number of piperazine rings is 1. The summed E-state index contributed by atoms with van der Waals surface area (Å²) in [5, 5.41) is 2.48. The zero-order valence-corrected chi connectivity index (χ0v) is 10.6. The molecule has 1 atom stereocenters. The second-order valence-electron chi connectivity index (χ2n) is 3.75. The van der Waals surface area contributed by atoms with Crippen molar-refractivity contribution in [1.82, 2.24) is 5.32 Å². The van der Waals surface area contributed by atoms with Gasteiger partial charge >= 0.3 is 0 Å². The van der Waals surface area contributed by atoms with Gasteiger partial charge in [0.05, 0.1) is 12.2 Å². The van der Waals surface area contributed by atoms with Gasteiger partial charge in [0.25, 0.3) is 0 Å². The lowest BCUT2D eigenvalue weighted by Gasteiger charge is -2.33. The van der Waals surface area contributed by atoms with E-state index in [2.05, 4.69) is 21.2 Å². The molecule has 90 valence electrons. The average molecular weight is 301 g/mol. The first kappa shape index (κ1) is 12.0. The maximum absolute atomic E-state index is 13.2. The van der Waals surface area contributed by atoms with Gasteiger partial charge in [-0.1, -0.05) is 0 Å². The van der Waals surface area contributed by atoms with E-state index in [1.54, 1.807) is 6.92 Å². The molecule has 6 heteroatoms. The lowest BCUT2D eigenvalue weighted by molar-refractivity contribution is -0.130. The minimum absolute atomic E-state index is 0.0634. The number of hydrogen-bond acceptors (Lipinski definition) is 2. The van der Waals surface area contributed by atoms with Crippen LogP contribution in [0.3, 0.4) is 0 Å². The van der Waals surface area contributed by atoms with Gasteiger partial charge in [-0.15, -0.1) is 0 Å². The summed E-state index contributed by atoms with van der Waals surface area (Å²) in [7, 11) is 0. The van der Waals surface area contributed by atoms with E-state index in [0.717, 1.165) is 0 Å². The van der Waals surface area contributed by atoms with E-state index in [4.69, 9.17) is 0 Å². The van der Waals surface area contributed by atoms with Crippen molar-refractivity contribution in [1.29, 1.82) is 0 Å². The number of nitrogens with one attached hydrogen (secondary N) is 1. The van der Waals surface area contributed by atoms with Gasteiger partial charge in [0, 0.05) is 4.47 Å². The van der Waals surface area contributed by atoms with Crippen LogP contribution in [-0.4, -0.2) is 24.4 Å². The largest absolute Gasteiger partial charge is 0.345 e. The molecule has 2 amide bonds. The molecule has 17 heavy (non-hydrogen) atoms. The molecular weight excluding hydrogens is 291 g/mol. The molecule has 0 bridgehead atoms. The van der Waals surface area contributed by atoms with E-state index in [1.807, 2.05) is 0 Å². The van der Waals surface area contributed by atoms with Crippen LogP contribution >= 0.6 is 15.9 Å². The first-order valence-corrected chi connectivity index (χ1v) is 5.85. The lowest BCUT2D eigenvalue weighted by Crippen LogP contribution is -2.57. The molecule has 0 spiro atoms. The van der Waals surface area contributed by atoms with Crippen LogP contribution in [0.25, 0.3) is 0 Å². The molecule has 1 heterocycles. The van der Waals surface area contributed by atoms with Crippen molar-refractivity contribution in [3.63, 3.8) is 0 Å². The number of rotatable bonds is 1. The topological polar surface area (TPSA) is 49.4 Å². The Balaban J connectivity index is 2.46. The molecule has 1 aliphatic rings. The molecule has 1 unspecified atom stereocenters. The van der Waals surface area contributed by atoms with Crippen molar-refractivity contribution in [2.75, 3.05) is 11.4 Å². The number of nitrogens with zero attached hydrogens (tertiary/aromatic N) is 1. The Morgan fingerprint density at radius 1 is 1.47 bits per heavy atom. The maximum Gasteiger partial charge on any atom is 0.247 e. The second-order valence-corrected chi connectivity index (χ2v) is 4.61. The van der Waals surface area contributed by atoms with Crippen LogP contribution in [-0.2, 0) is 9.59 Å². The summed E-state index contributed by atoms with van der Waals surface area (Å²) in [6.45, 7) is 1.54. The minimum atomic E-state index is -0.644. The van der Waals surface area contributed by atoms with Crippen LogP contribution < -0.4 is 10.2 Å². The molecule has 4 nitrogen and oxygen atoms in total. The SMILES string of the molecule is CC1C(=O)NCC(=O)N1c1cc(F)ccc1Br. The Hall–Kier alpha value is -1.43. The van der Waals surface area contributed by atoms with Crippen LogP contribution in [0, 0.1) is 5.82 Å². The molecule has 1 aromatic rings. The summed E-state index contributed by atoms with van der Waals surface area (Å²) in [6.07, 6.45) is 0. The van der Waals surface area contributed by atoms with Crippen molar-refractivity contribution in [2.45, 2.75) is 13.0 Å². The van der Waals surface area contributed by atoms with Crippen LogP contribution in [0.15, 0.2) is 22.7 Å². The zero-order chi connectivity index (χ0) is 12.6. The van der Waals surface area contributed by atoms with E-state index in [9.17, 15) is 14.0 Å². The average Bonchev–Trinajstić information content (AvgIpc) is 2.29. The first-order chi connectivity index (χ1) is 8.00. The number of anilines is 1. The normalized spacial score (nSPS) is 20.4. The highest BCUT2D eigenvalue weighted by Crippen LogP contribution is 2.29. The Morgan fingerprint density at radius 2 is 2.18 bits per heavy atom. The lowest BCUT2D eigenvalue weighted by atomic mass is 10.1. The fourth-order valence-electron chi connectivity index (χ4n) is 1.74. The van der Waals surface area contributed by atoms with E-state index in [0.29, 0.717) is 10.2 Å². The molecule has 1 N–H and O–H groups in total. The summed E-state index contributed by atoms with van der Waals surface area (Å²) in [5.74, 6) is -0.960. The van der Waals surface area contributed by atoms with E-state index in [-0.39, 0.29) is 18.4 Å². The monoisotopic (exact) mass is 300 g/mol.